The van der Waals surface area contributed by atoms with Gasteiger partial charge in [-0.1, -0.05) is 25.5 Å². The van der Waals surface area contributed by atoms with Crippen LogP contribution in [0, 0.1) is 5.92 Å². The highest BCUT2D eigenvalue weighted by molar-refractivity contribution is 5.52. The molecule has 3 atom stereocenters. The molecule has 1 fully saturated rings. The Labute approximate surface area is 127 Å². The van der Waals surface area contributed by atoms with Crippen molar-refractivity contribution in [2.75, 3.05) is 0 Å². The zero-order chi connectivity index (χ0) is 15.2. The molecule has 0 amide bonds. The minimum Gasteiger partial charge on any atom is -0.508 e. The summed E-state index contributed by atoms with van der Waals surface area (Å²) in [7, 11) is 0. The van der Waals surface area contributed by atoms with E-state index < -0.39 is 0 Å². The molecule has 2 nitrogen and oxygen atoms in total. The summed E-state index contributed by atoms with van der Waals surface area (Å²) in [5.74, 6) is 2.09. The predicted molar refractivity (Wildman–Crippen MR) is 86.0 cm³/mol. The lowest BCUT2D eigenvalue weighted by molar-refractivity contribution is 0.0408. The van der Waals surface area contributed by atoms with Crippen LogP contribution in [-0.4, -0.2) is 10.7 Å². The van der Waals surface area contributed by atoms with E-state index in [1.165, 1.54) is 11.1 Å². The van der Waals surface area contributed by atoms with Gasteiger partial charge in [-0.25, -0.2) is 0 Å². The van der Waals surface area contributed by atoms with Gasteiger partial charge < -0.3 is 9.84 Å². The highest BCUT2D eigenvalue weighted by atomic mass is 16.5. The lowest BCUT2D eigenvalue weighted by atomic mass is 9.68. The van der Waals surface area contributed by atoms with E-state index in [-0.39, 0.29) is 5.60 Å². The molecular weight excluding hydrogens is 260 g/mol. The Morgan fingerprint density at radius 2 is 2.24 bits per heavy atom. The first-order chi connectivity index (χ1) is 9.93. The van der Waals surface area contributed by atoms with Gasteiger partial charge in [0.2, 0.25) is 0 Å². The van der Waals surface area contributed by atoms with Crippen molar-refractivity contribution in [1.82, 2.24) is 0 Å². The maximum absolute atomic E-state index is 10.6. The van der Waals surface area contributed by atoms with Crippen LogP contribution in [0.3, 0.4) is 0 Å². The van der Waals surface area contributed by atoms with Crippen LogP contribution in [0.1, 0.15) is 63.5 Å². The van der Waals surface area contributed by atoms with Gasteiger partial charge in [-0.3, -0.25) is 0 Å². The highest BCUT2D eigenvalue weighted by Crippen LogP contribution is 2.55. The summed E-state index contributed by atoms with van der Waals surface area (Å²) < 4.78 is 6.38. The Morgan fingerprint density at radius 3 is 2.90 bits per heavy atom. The quantitative estimate of drug-likeness (QED) is 0.796. The van der Waals surface area contributed by atoms with E-state index >= 15 is 0 Å². The molecule has 2 heterocycles. The second-order valence-electron chi connectivity index (χ2n) is 7.13. The predicted octanol–water partition coefficient (Wildman–Crippen LogP) is 4.96. The van der Waals surface area contributed by atoms with Gasteiger partial charge in [0.15, 0.2) is 0 Å². The number of aryl methyl sites for hydroxylation is 1. The fraction of sp³-hybridized carbons (Fsp3) is 0.579. The van der Waals surface area contributed by atoms with Crippen molar-refractivity contribution < 1.29 is 9.84 Å². The topological polar surface area (TPSA) is 29.5 Å². The van der Waals surface area contributed by atoms with Crippen LogP contribution in [0.2, 0.25) is 0 Å². The van der Waals surface area contributed by atoms with Crippen molar-refractivity contribution in [3.8, 4) is 11.5 Å². The summed E-state index contributed by atoms with van der Waals surface area (Å²) in [5, 5.41) is 10.6. The molecule has 1 aromatic carbocycles. The zero-order valence-corrected chi connectivity index (χ0v) is 13.4. The molecule has 0 radical (unpaired) electrons. The number of rotatable bonds is 3. The third-order valence-electron chi connectivity index (χ3n) is 5.20. The fourth-order valence-electron chi connectivity index (χ4n) is 4.15. The van der Waals surface area contributed by atoms with Crippen LogP contribution in [0.15, 0.2) is 24.3 Å². The van der Waals surface area contributed by atoms with Crippen LogP contribution < -0.4 is 4.74 Å². The Hall–Kier alpha value is -1.44. The van der Waals surface area contributed by atoms with Crippen LogP contribution in [0.25, 0.3) is 0 Å². The van der Waals surface area contributed by atoms with Crippen LogP contribution in [0.5, 0.6) is 11.5 Å². The summed E-state index contributed by atoms with van der Waals surface area (Å²) in [5.41, 5.74) is 3.27. The van der Waals surface area contributed by atoms with E-state index in [2.05, 4.69) is 33.4 Å². The van der Waals surface area contributed by atoms with Crippen molar-refractivity contribution in [2.24, 2.45) is 5.92 Å². The Bertz CT molecular complexity index is 575. The normalized spacial score (nSPS) is 30.4. The SMILES string of the molecule is C=C(C)[C@@H]1C[C@@]2(C)CC[C@@H]1c1c(O)cc(CCC)cc1O2. The third kappa shape index (κ3) is 2.45. The molecule has 21 heavy (non-hydrogen) atoms. The largest absolute Gasteiger partial charge is 0.508 e. The minimum absolute atomic E-state index is 0.122. The standard InChI is InChI=1S/C19H26O2/c1-5-6-13-9-16(20)18-14-7-8-19(4,21-17(18)10-13)11-15(14)12(2)3/h9-10,14-15,20H,2,5-8,11H2,1,3-4H3/t14-,15-,19+/m0/s1. The van der Waals surface area contributed by atoms with E-state index in [4.69, 9.17) is 4.74 Å². The summed E-state index contributed by atoms with van der Waals surface area (Å²) in [4.78, 5) is 0. The van der Waals surface area contributed by atoms with Gasteiger partial charge in [0.1, 0.15) is 17.1 Å². The number of fused-ring (bicyclic) bond motifs is 2. The Morgan fingerprint density at radius 1 is 1.48 bits per heavy atom. The number of hydrogen-bond donors (Lipinski definition) is 1. The van der Waals surface area contributed by atoms with Crippen molar-refractivity contribution in [1.29, 1.82) is 0 Å². The Balaban J connectivity index is 2.12. The summed E-state index contributed by atoms with van der Waals surface area (Å²) in [6.45, 7) is 10.7. The van der Waals surface area contributed by atoms with Crippen molar-refractivity contribution in [2.45, 2.75) is 64.4 Å². The average molecular weight is 286 g/mol. The van der Waals surface area contributed by atoms with Crippen LogP contribution in [0.4, 0.5) is 0 Å². The molecule has 1 aromatic rings. The summed E-state index contributed by atoms with van der Waals surface area (Å²) >= 11 is 0. The maximum Gasteiger partial charge on any atom is 0.127 e. The first kappa shape index (κ1) is 14.5. The number of phenols is 1. The molecule has 0 unspecified atom stereocenters. The number of hydrogen-bond acceptors (Lipinski definition) is 2. The van der Waals surface area contributed by atoms with Crippen molar-refractivity contribution in [3.05, 3.63) is 35.4 Å². The molecule has 2 aliphatic heterocycles. The van der Waals surface area contributed by atoms with Gasteiger partial charge in [-0.2, -0.15) is 0 Å². The second kappa shape index (κ2) is 5.08. The molecule has 0 spiro atoms. The number of aromatic hydroxyl groups is 1. The molecule has 0 aromatic heterocycles. The number of allylic oxidation sites excluding steroid dienone is 1. The van der Waals surface area contributed by atoms with E-state index in [1.54, 1.807) is 0 Å². The van der Waals surface area contributed by atoms with E-state index in [9.17, 15) is 5.11 Å². The van der Waals surface area contributed by atoms with Crippen molar-refractivity contribution >= 4 is 0 Å². The number of ether oxygens (including phenoxy) is 1. The molecule has 114 valence electrons. The summed E-state index contributed by atoms with van der Waals surface area (Å²) in [6.07, 6.45) is 5.19. The smallest absolute Gasteiger partial charge is 0.127 e. The number of benzene rings is 1. The van der Waals surface area contributed by atoms with Gasteiger partial charge in [0.05, 0.1) is 0 Å². The van der Waals surface area contributed by atoms with Gasteiger partial charge in [-0.05, 0) is 69.1 Å². The molecule has 0 saturated heterocycles. The molecule has 1 aliphatic carbocycles. The minimum atomic E-state index is -0.122. The highest BCUT2D eigenvalue weighted by Gasteiger charge is 2.45. The van der Waals surface area contributed by atoms with Gasteiger partial charge in [0.25, 0.3) is 0 Å². The zero-order valence-electron chi connectivity index (χ0n) is 13.4. The van der Waals surface area contributed by atoms with Crippen LogP contribution in [-0.2, 0) is 6.42 Å². The summed E-state index contributed by atoms with van der Waals surface area (Å²) in [6, 6.07) is 4.08. The maximum atomic E-state index is 10.6. The average Bonchev–Trinajstić information content (AvgIpc) is 2.61. The molecule has 1 N–H and O–H groups in total. The molecule has 2 heteroatoms. The molecule has 4 rings (SSSR count). The molecule has 2 bridgehead atoms. The van der Waals surface area contributed by atoms with E-state index in [0.29, 0.717) is 17.6 Å². The van der Waals surface area contributed by atoms with Gasteiger partial charge in [-0.15, -0.1) is 0 Å². The van der Waals surface area contributed by atoms with Crippen LogP contribution >= 0.6 is 0 Å². The lowest BCUT2D eigenvalue weighted by Crippen LogP contribution is -2.38. The molecule has 1 saturated carbocycles. The first-order valence-electron chi connectivity index (χ1n) is 8.14. The Kier molecular flexibility index (Phi) is 3.51. The fourth-order valence-corrected chi connectivity index (χ4v) is 4.15. The van der Waals surface area contributed by atoms with E-state index in [0.717, 1.165) is 43.4 Å². The van der Waals surface area contributed by atoms with Gasteiger partial charge >= 0.3 is 0 Å². The van der Waals surface area contributed by atoms with Gasteiger partial charge in [0, 0.05) is 5.56 Å². The third-order valence-corrected chi connectivity index (χ3v) is 5.20. The lowest BCUT2D eigenvalue weighted by Gasteiger charge is -2.38. The monoisotopic (exact) mass is 286 g/mol. The molecular formula is C19H26O2. The molecule has 3 aliphatic rings. The number of phenolic OH excluding ortho intramolecular Hbond substituents is 1. The second-order valence-corrected chi connectivity index (χ2v) is 7.13. The van der Waals surface area contributed by atoms with E-state index in [1.807, 2.05) is 6.07 Å². The van der Waals surface area contributed by atoms with Crippen molar-refractivity contribution in [3.63, 3.8) is 0 Å². The first-order valence-corrected chi connectivity index (χ1v) is 8.14.